The molecule has 11 heteroatoms. The summed E-state index contributed by atoms with van der Waals surface area (Å²) in [6.07, 6.45) is 0.299. The highest BCUT2D eigenvalue weighted by atomic mass is 35.5. The number of carbonyl (C=O) groups excluding carboxylic acids is 2. The van der Waals surface area contributed by atoms with Crippen LogP contribution in [0.1, 0.15) is 32.8 Å². The summed E-state index contributed by atoms with van der Waals surface area (Å²) in [5, 5.41) is 3.27. The second-order valence-corrected chi connectivity index (χ2v) is 11.2. The van der Waals surface area contributed by atoms with E-state index >= 15 is 0 Å². The van der Waals surface area contributed by atoms with Crippen LogP contribution in [0.15, 0.2) is 77.7 Å². The smallest absolute Gasteiger partial charge is 0.264 e. The van der Waals surface area contributed by atoms with Crippen LogP contribution in [-0.4, -0.2) is 50.9 Å². The van der Waals surface area contributed by atoms with Crippen LogP contribution in [-0.2, 0) is 26.2 Å². The van der Waals surface area contributed by atoms with Gasteiger partial charge in [0, 0.05) is 18.1 Å². The first kappa shape index (κ1) is 30.9. The third-order valence-corrected chi connectivity index (χ3v) is 8.16. The van der Waals surface area contributed by atoms with Crippen molar-refractivity contribution in [1.82, 2.24) is 10.2 Å². The van der Waals surface area contributed by atoms with E-state index in [4.69, 9.17) is 16.3 Å². The van der Waals surface area contributed by atoms with Gasteiger partial charge in [-0.3, -0.25) is 13.9 Å². The summed E-state index contributed by atoms with van der Waals surface area (Å²) in [6, 6.07) is 16.6. The van der Waals surface area contributed by atoms with Crippen molar-refractivity contribution in [3.8, 4) is 5.75 Å². The van der Waals surface area contributed by atoms with Crippen LogP contribution in [0.5, 0.6) is 5.75 Å². The normalized spacial score (nSPS) is 11.9. The molecule has 1 N–H and O–H groups in total. The van der Waals surface area contributed by atoms with Crippen molar-refractivity contribution >= 4 is 39.1 Å². The molecule has 3 aromatic rings. The summed E-state index contributed by atoms with van der Waals surface area (Å²) in [4.78, 5) is 28.1. The van der Waals surface area contributed by atoms with Crippen LogP contribution >= 0.6 is 11.6 Å². The molecule has 40 heavy (non-hydrogen) atoms. The molecule has 0 radical (unpaired) electrons. The fourth-order valence-electron chi connectivity index (χ4n) is 4.14. The minimum Gasteiger partial charge on any atom is -0.494 e. The lowest BCUT2D eigenvalue weighted by atomic mass is 10.1. The lowest BCUT2D eigenvalue weighted by Crippen LogP contribution is -2.52. The molecule has 0 saturated carbocycles. The van der Waals surface area contributed by atoms with Crippen LogP contribution in [0.2, 0.25) is 5.02 Å². The van der Waals surface area contributed by atoms with Gasteiger partial charge < -0.3 is 15.0 Å². The Labute approximate surface area is 239 Å². The maximum Gasteiger partial charge on any atom is 0.264 e. The molecule has 0 spiro atoms. The molecule has 1 atom stereocenters. The minimum atomic E-state index is -4.28. The predicted molar refractivity (Wildman–Crippen MR) is 153 cm³/mol. The molecule has 0 heterocycles. The molecule has 0 aromatic heterocycles. The van der Waals surface area contributed by atoms with Crippen molar-refractivity contribution in [3.05, 3.63) is 89.2 Å². The number of hydrogen-bond donors (Lipinski definition) is 1. The first-order valence-corrected chi connectivity index (χ1v) is 14.7. The number of halogens is 2. The molecule has 0 aliphatic rings. The van der Waals surface area contributed by atoms with E-state index in [1.54, 1.807) is 38.1 Å². The van der Waals surface area contributed by atoms with E-state index in [-0.39, 0.29) is 23.0 Å². The number of benzene rings is 3. The Kier molecular flexibility index (Phi) is 10.9. The second kappa shape index (κ2) is 14.1. The van der Waals surface area contributed by atoms with Crippen LogP contribution in [0.25, 0.3) is 0 Å². The third-order valence-electron chi connectivity index (χ3n) is 6.12. The van der Waals surface area contributed by atoms with Gasteiger partial charge in [0.2, 0.25) is 11.8 Å². The summed E-state index contributed by atoms with van der Waals surface area (Å²) in [7, 11) is -4.28. The summed E-state index contributed by atoms with van der Waals surface area (Å²) < 4.78 is 47.8. The Morgan fingerprint density at radius 1 is 0.950 bits per heavy atom. The van der Waals surface area contributed by atoms with E-state index in [0.717, 1.165) is 16.4 Å². The van der Waals surface area contributed by atoms with Gasteiger partial charge in [0.05, 0.1) is 17.2 Å². The van der Waals surface area contributed by atoms with E-state index in [9.17, 15) is 22.4 Å². The van der Waals surface area contributed by atoms with Gasteiger partial charge in [-0.15, -0.1) is 0 Å². The summed E-state index contributed by atoms with van der Waals surface area (Å²) >= 11 is 6.02. The molecule has 214 valence electrons. The number of rotatable bonds is 13. The number of sulfonamides is 1. The fourth-order valence-corrected chi connectivity index (χ4v) is 5.68. The zero-order chi connectivity index (χ0) is 29.3. The van der Waals surface area contributed by atoms with Crippen LogP contribution in [0.3, 0.4) is 0 Å². The molecule has 0 aliphatic heterocycles. The monoisotopic (exact) mass is 589 g/mol. The Balaban J connectivity index is 2.04. The number of anilines is 1. The van der Waals surface area contributed by atoms with E-state index in [1.807, 2.05) is 6.92 Å². The molecule has 1 unspecified atom stereocenters. The van der Waals surface area contributed by atoms with Crippen LogP contribution < -0.4 is 14.4 Å². The number of nitrogens with one attached hydrogen (secondary N) is 1. The maximum atomic E-state index is 13.9. The van der Waals surface area contributed by atoms with E-state index in [0.29, 0.717) is 35.9 Å². The lowest BCUT2D eigenvalue weighted by Gasteiger charge is -2.33. The van der Waals surface area contributed by atoms with Gasteiger partial charge in [-0.25, -0.2) is 12.8 Å². The number of likely N-dealkylation sites (N-methyl/N-ethyl adjacent to an activating group) is 1. The highest BCUT2D eigenvalue weighted by Crippen LogP contribution is 2.26. The van der Waals surface area contributed by atoms with E-state index < -0.39 is 34.3 Å². The third kappa shape index (κ3) is 7.73. The van der Waals surface area contributed by atoms with Crippen molar-refractivity contribution in [1.29, 1.82) is 0 Å². The van der Waals surface area contributed by atoms with Crippen molar-refractivity contribution in [2.24, 2.45) is 0 Å². The van der Waals surface area contributed by atoms with Crippen molar-refractivity contribution in [2.45, 2.75) is 44.7 Å². The number of amides is 2. The summed E-state index contributed by atoms with van der Waals surface area (Å²) in [5.41, 5.74) is 0.810. The Bertz CT molecular complexity index is 1380. The van der Waals surface area contributed by atoms with Crippen molar-refractivity contribution in [2.75, 3.05) is 24.0 Å². The second-order valence-electron chi connectivity index (χ2n) is 8.86. The Hall–Kier alpha value is -3.63. The molecule has 8 nitrogen and oxygen atoms in total. The van der Waals surface area contributed by atoms with Gasteiger partial charge in [0.1, 0.15) is 24.2 Å². The fraction of sp³-hybridized carbons (Fsp3) is 0.310. The van der Waals surface area contributed by atoms with E-state index in [1.165, 1.54) is 41.3 Å². The predicted octanol–water partition coefficient (Wildman–Crippen LogP) is 5.02. The number of ether oxygens (including phenoxy) is 1. The zero-order valence-corrected chi connectivity index (χ0v) is 24.2. The number of nitrogens with zero attached hydrogens (tertiary/aromatic N) is 2. The van der Waals surface area contributed by atoms with Gasteiger partial charge in [-0.2, -0.15) is 0 Å². The zero-order valence-electron chi connectivity index (χ0n) is 22.6. The first-order valence-electron chi connectivity index (χ1n) is 12.9. The maximum absolute atomic E-state index is 13.9. The van der Waals surface area contributed by atoms with Crippen molar-refractivity contribution < 1.29 is 27.1 Å². The Morgan fingerprint density at radius 2 is 1.57 bits per heavy atom. The topological polar surface area (TPSA) is 96.0 Å². The molecule has 0 bridgehead atoms. The van der Waals surface area contributed by atoms with Gasteiger partial charge in [0.15, 0.2) is 0 Å². The largest absolute Gasteiger partial charge is 0.494 e. The van der Waals surface area contributed by atoms with Crippen LogP contribution in [0, 0.1) is 5.82 Å². The van der Waals surface area contributed by atoms with Gasteiger partial charge >= 0.3 is 0 Å². The Morgan fingerprint density at radius 3 is 2.12 bits per heavy atom. The van der Waals surface area contributed by atoms with E-state index in [2.05, 4.69) is 5.32 Å². The molecule has 0 aliphatic carbocycles. The number of hydrogen-bond acceptors (Lipinski definition) is 5. The quantitative estimate of drug-likeness (QED) is 0.302. The molecular formula is C29H33ClFN3O5S. The van der Waals surface area contributed by atoms with Gasteiger partial charge in [-0.1, -0.05) is 30.7 Å². The molecule has 2 amide bonds. The van der Waals surface area contributed by atoms with Crippen molar-refractivity contribution in [3.63, 3.8) is 0 Å². The summed E-state index contributed by atoms with van der Waals surface area (Å²) in [6.45, 7) is 5.57. The van der Waals surface area contributed by atoms with Gasteiger partial charge in [0.25, 0.3) is 10.0 Å². The summed E-state index contributed by atoms with van der Waals surface area (Å²) in [5.74, 6) is -1.02. The van der Waals surface area contributed by atoms with Gasteiger partial charge in [-0.05, 0) is 86.5 Å². The van der Waals surface area contributed by atoms with Crippen LogP contribution in [0.4, 0.5) is 10.1 Å². The molecule has 0 saturated heterocycles. The molecular weight excluding hydrogens is 557 g/mol. The average Bonchev–Trinajstić information content (AvgIpc) is 2.93. The molecule has 3 rings (SSSR count). The molecule has 3 aromatic carbocycles. The SMILES string of the molecule is CCNC(=O)C(CC)N(Cc1ccc(Cl)cc1)C(=O)CN(c1ccc(F)cc1)S(=O)(=O)c1ccc(OCC)cc1. The number of carbonyl (C=O) groups is 2. The average molecular weight is 590 g/mol. The highest BCUT2D eigenvalue weighted by molar-refractivity contribution is 7.92. The minimum absolute atomic E-state index is 0.0476. The lowest BCUT2D eigenvalue weighted by molar-refractivity contribution is -0.140. The molecule has 0 fully saturated rings. The standard InChI is InChI=1S/C29H33ClFN3O5S/c1-4-27(29(36)32-5-2)33(19-21-7-9-22(30)10-8-21)28(35)20-34(24-13-11-23(31)12-14-24)40(37,38)26-17-15-25(16-18-26)39-6-3/h7-18,27H,4-6,19-20H2,1-3H3,(H,32,36). The first-order chi connectivity index (χ1) is 19.1. The highest BCUT2D eigenvalue weighted by Gasteiger charge is 2.33.